The van der Waals surface area contributed by atoms with E-state index in [0.717, 1.165) is 13.0 Å². The first-order valence-electron chi connectivity index (χ1n) is 5.02. The standard InChI is InChI=1S/C11H18BrNS/c1-7(2)9(4-5-13)11-6-10(12)8(3)14-11/h6-7,9H,4-5,13H2,1-3H3. The van der Waals surface area contributed by atoms with E-state index in [-0.39, 0.29) is 0 Å². The van der Waals surface area contributed by atoms with Crippen molar-refractivity contribution < 1.29 is 0 Å². The van der Waals surface area contributed by atoms with Crippen LogP contribution < -0.4 is 5.73 Å². The summed E-state index contributed by atoms with van der Waals surface area (Å²) in [5.41, 5.74) is 5.64. The van der Waals surface area contributed by atoms with E-state index in [1.165, 1.54) is 14.2 Å². The first kappa shape index (κ1) is 12.2. The molecule has 1 atom stereocenters. The molecule has 0 spiro atoms. The molecule has 1 heterocycles. The van der Waals surface area contributed by atoms with Crippen LogP contribution in [0.25, 0.3) is 0 Å². The zero-order valence-electron chi connectivity index (χ0n) is 9.01. The van der Waals surface area contributed by atoms with Crippen LogP contribution in [-0.4, -0.2) is 6.54 Å². The van der Waals surface area contributed by atoms with E-state index in [9.17, 15) is 0 Å². The Bertz CT molecular complexity index is 274. The van der Waals surface area contributed by atoms with E-state index in [4.69, 9.17) is 5.73 Å². The van der Waals surface area contributed by atoms with E-state index in [2.05, 4.69) is 42.8 Å². The Morgan fingerprint density at radius 3 is 2.50 bits per heavy atom. The lowest BCUT2D eigenvalue weighted by atomic mass is 9.91. The molecule has 0 aliphatic rings. The average molecular weight is 276 g/mol. The smallest absolute Gasteiger partial charge is 0.0314 e. The summed E-state index contributed by atoms with van der Waals surface area (Å²) >= 11 is 5.45. The first-order chi connectivity index (χ1) is 6.56. The summed E-state index contributed by atoms with van der Waals surface area (Å²) in [4.78, 5) is 2.83. The third-order valence-electron chi connectivity index (χ3n) is 2.52. The fraction of sp³-hybridized carbons (Fsp3) is 0.636. The van der Waals surface area contributed by atoms with Gasteiger partial charge in [0, 0.05) is 14.2 Å². The van der Waals surface area contributed by atoms with Gasteiger partial charge >= 0.3 is 0 Å². The minimum Gasteiger partial charge on any atom is -0.330 e. The molecule has 80 valence electrons. The molecule has 0 aromatic carbocycles. The second-order valence-electron chi connectivity index (χ2n) is 3.98. The number of hydrogen-bond acceptors (Lipinski definition) is 2. The highest BCUT2D eigenvalue weighted by Gasteiger charge is 2.17. The quantitative estimate of drug-likeness (QED) is 0.886. The minimum atomic E-state index is 0.620. The van der Waals surface area contributed by atoms with Crippen molar-refractivity contribution in [1.29, 1.82) is 0 Å². The first-order valence-corrected chi connectivity index (χ1v) is 6.63. The molecule has 0 amide bonds. The van der Waals surface area contributed by atoms with Crippen LogP contribution in [0, 0.1) is 12.8 Å². The maximum Gasteiger partial charge on any atom is 0.0314 e. The van der Waals surface area contributed by atoms with Crippen LogP contribution >= 0.6 is 27.3 Å². The van der Waals surface area contributed by atoms with Gasteiger partial charge in [-0.1, -0.05) is 13.8 Å². The van der Waals surface area contributed by atoms with Crippen LogP contribution in [0.15, 0.2) is 10.5 Å². The van der Waals surface area contributed by atoms with Gasteiger partial charge in [-0.3, -0.25) is 0 Å². The molecule has 1 aromatic heterocycles. The van der Waals surface area contributed by atoms with E-state index >= 15 is 0 Å². The third-order valence-corrected chi connectivity index (χ3v) is 4.79. The number of hydrogen-bond donors (Lipinski definition) is 1. The summed E-state index contributed by atoms with van der Waals surface area (Å²) in [7, 11) is 0. The molecule has 0 fully saturated rings. The van der Waals surface area contributed by atoms with Crippen molar-refractivity contribution in [2.24, 2.45) is 11.7 Å². The fourth-order valence-corrected chi connectivity index (χ4v) is 3.52. The third kappa shape index (κ3) is 2.81. The summed E-state index contributed by atoms with van der Waals surface area (Å²) in [5.74, 6) is 1.29. The second kappa shape index (κ2) is 5.29. The fourth-order valence-electron chi connectivity index (χ4n) is 1.65. The lowest BCUT2D eigenvalue weighted by Gasteiger charge is -2.18. The molecule has 3 heteroatoms. The van der Waals surface area contributed by atoms with Crippen LogP contribution in [0.3, 0.4) is 0 Å². The number of aryl methyl sites for hydroxylation is 1. The molecule has 0 bridgehead atoms. The lowest BCUT2D eigenvalue weighted by Crippen LogP contribution is -2.11. The number of nitrogens with two attached hydrogens (primary N) is 1. The van der Waals surface area contributed by atoms with Crippen molar-refractivity contribution >= 4 is 27.3 Å². The maximum absolute atomic E-state index is 5.64. The molecule has 0 aliphatic carbocycles. The van der Waals surface area contributed by atoms with Gasteiger partial charge in [-0.25, -0.2) is 0 Å². The van der Waals surface area contributed by atoms with Crippen LogP contribution in [0.5, 0.6) is 0 Å². The topological polar surface area (TPSA) is 26.0 Å². The van der Waals surface area contributed by atoms with Gasteiger partial charge in [0.2, 0.25) is 0 Å². The molecule has 2 N–H and O–H groups in total. The molecule has 1 unspecified atom stereocenters. The normalized spacial score (nSPS) is 13.6. The van der Waals surface area contributed by atoms with Crippen molar-refractivity contribution in [2.75, 3.05) is 6.54 Å². The second-order valence-corrected chi connectivity index (χ2v) is 6.12. The summed E-state index contributed by atoms with van der Waals surface area (Å²) in [6, 6.07) is 2.25. The Morgan fingerprint density at radius 1 is 1.50 bits per heavy atom. The summed E-state index contributed by atoms with van der Waals surface area (Å²) in [6.07, 6.45) is 1.09. The molecule has 14 heavy (non-hydrogen) atoms. The van der Waals surface area contributed by atoms with Crippen molar-refractivity contribution in [3.05, 3.63) is 20.3 Å². The Hall–Kier alpha value is 0.140. The monoisotopic (exact) mass is 275 g/mol. The number of halogens is 1. The molecule has 1 aromatic rings. The predicted molar refractivity (Wildman–Crippen MR) is 68.0 cm³/mol. The van der Waals surface area contributed by atoms with Crippen LogP contribution in [0.2, 0.25) is 0 Å². The van der Waals surface area contributed by atoms with Gasteiger partial charge in [-0.15, -0.1) is 11.3 Å². The SMILES string of the molecule is Cc1sc(C(CCN)C(C)C)cc1Br. The van der Waals surface area contributed by atoms with Gasteiger partial charge < -0.3 is 5.73 Å². The average Bonchev–Trinajstić information content (AvgIpc) is 2.42. The Balaban J connectivity index is 2.87. The van der Waals surface area contributed by atoms with E-state index in [0.29, 0.717) is 11.8 Å². The van der Waals surface area contributed by atoms with Gasteiger partial charge in [0.05, 0.1) is 0 Å². The predicted octanol–water partition coefficient (Wildman–Crippen LogP) is 3.91. The Morgan fingerprint density at radius 2 is 2.14 bits per heavy atom. The van der Waals surface area contributed by atoms with Gasteiger partial charge in [-0.2, -0.15) is 0 Å². The van der Waals surface area contributed by atoms with Crippen molar-refractivity contribution in [3.63, 3.8) is 0 Å². The van der Waals surface area contributed by atoms with Crippen LogP contribution in [0.4, 0.5) is 0 Å². The van der Waals surface area contributed by atoms with E-state index in [1.54, 1.807) is 0 Å². The Labute approximate surface area is 98.8 Å². The van der Waals surface area contributed by atoms with E-state index in [1.807, 2.05) is 11.3 Å². The van der Waals surface area contributed by atoms with Crippen molar-refractivity contribution in [1.82, 2.24) is 0 Å². The summed E-state index contributed by atoms with van der Waals surface area (Å²) < 4.78 is 1.24. The maximum atomic E-state index is 5.64. The molecule has 0 radical (unpaired) electrons. The largest absolute Gasteiger partial charge is 0.330 e. The lowest BCUT2D eigenvalue weighted by molar-refractivity contribution is 0.480. The molecule has 0 aliphatic heterocycles. The number of thiophene rings is 1. The molecule has 0 saturated carbocycles. The molecular formula is C11H18BrNS. The zero-order chi connectivity index (χ0) is 10.7. The highest BCUT2D eigenvalue weighted by atomic mass is 79.9. The molecular weight excluding hydrogens is 258 g/mol. The summed E-state index contributed by atoms with van der Waals surface area (Å²) in [6.45, 7) is 7.46. The van der Waals surface area contributed by atoms with Crippen molar-refractivity contribution in [3.8, 4) is 0 Å². The highest BCUT2D eigenvalue weighted by molar-refractivity contribution is 9.10. The summed E-state index contributed by atoms with van der Waals surface area (Å²) in [5, 5.41) is 0. The molecule has 1 nitrogen and oxygen atoms in total. The van der Waals surface area contributed by atoms with Gasteiger partial charge in [0.25, 0.3) is 0 Å². The van der Waals surface area contributed by atoms with Crippen LogP contribution in [0.1, 0.15) is 35.9 Å². The highest BCUT2D eigenvalue weighted by Crippen LogP contribution is 2.36. The molecule has 0 saturated heterocycles. The minimum absolute atomic E-state index is 0.620. The van der Waals surface area contributed by atoms with Gasteiger partial charge in [-0.05, 0) is 53.7 Å². The van der Waals surface area contributed by atoms with Gasteiger partial charge in [0.1, 0.15) is 0 Å². The Kier molecular flexibility index (Phi) is 4.61. The van der Waals surface area contributed by atoms with Crippen LogP contribution in [-0.2, 0) is 0 Å². The zero-order valence-corrected chi connectivity index (χ0v) is 11.4. The van der Waals surface area contributed by atoms with E-state index < -0.39 is 0 Å². The number of rotatable bonds is 4. The van der Waals surface area contributed by atoms with Gasteiger partial charge in [0.15, 0.2) is 0 Å². The molecule has 1 rings (SSSR count). The van der Waals surface area contributed by atoms with Crippen molar-refractivity contribution in [2.45, 2.75) is 33.1 Å².